The first kappa shape index (κ1) is 15.9. The van der Waals surface area contributed by atoms with Gasteiger partial charge in [0, 0.05) is 16.3 Å². The molecule has 0 amide bonds. The van der Waals surface area contributed by atoms with Crippen LogP contribution in [0, 0.1) is 0 Å². The fraction of sp³-hybridized carbons (Fsp3) is 0.250. The van der Waals surface area contributed by atoms with Gasteiger partial charge in [0.05, 0.1) is 5.56 Å². The van der Waals surface area contributed by atoms with Crippen LogP contribution < -0.4 is 0 Å². The molecule has 0 aliphatic carbocycles. The molecular weight excluding hydrogens is 295 g/mol. The Labute approximate surface area is 126 Å². The van der Waals surface area contributed by atoms with Crippen molar-refractivity contribution in [1.82, 2.24) is 4.90 Å². The van der Waals surface area contributed by atoms with Crippen LogP contribution in [0.3, 0.4) is 0 Å². The Hall–Kier alpha value is -1.46. The fourth-order valence-electron chi connectivity index (χ4n) is 1.98. The molecule has 5 heteroatoms. The van der Waals surface area contributed by atoms with Crippen LogP contribution >= 0.6 is 11.8 Å². The highest BCUT2D eigenvalue weighted by Gasteiger charge is 2.33. The molecule has 0 bridgehead atoms. The first-order valence-corrected chi connectivity index (χ1v) is 7.26. The Bertz CT molecular complexity index is 608. The van der Waals surface area contributed by atoms with Gasteiger partial charge in [-0.15, -0.1) is 0 Å². The predicted octanol–water partition coefficient (Wildman–Crippen LogP) is 4.92. The van der Waals surface area contributed by atoms with E-state index < -0.39 is 11.7 Å². The molecule has 0 aliphatic heterocycles. The van der Waals surface area contributed by atoms with Gasteiger partial charge >= 0.3 is 6.18 Å². The van der Waals surface area contributed by atoms with Crippen molar-refractivity contribution >= 4 is 11.8 Å². The largest absolute Gasteiger partial charge is 0.417 e. The third-order valence-electron chi connectivity index (χ3n) is 2.87. The second-order valence-corrected chi connectivity index (χ2v) is 6.03. The maximum atomic E-state index is 13.0. The highest BCUT2D eigenvalue weighted by Crippen LogP contribution is 2.40. The summed E-state index contributed by atoms with van der Waals surface area (Å²) in [6, 6.07) is 13.2. The van der Waals surface area contributed by atoms with E-state index in [1.54, 1.807) is 6.07 Å². The first-order valence-electron chi connectivity index (χ1n) is 6.44. The van der Waals surface area contributed by atoms with E-state index in [-0.39, 0.29) is 4.90 Å². The number of hydrogen-bond donors (Lipinski definition) is 0. The summed E-state index contributed by atoms with van der Waals surface area (Å²) >= 11 is 1.16. The summed E-state index contributed by atoms with van der Waals surface area (Å²) in [4.78, 5) is 3.08. The molecule has 21 heavy (non-hydrogen) atoms. The zero-order chi connectivity index (χ0) is 15.5. The van der Waals surface area contributed by atoms with Crippen molar-refractivity contribution in [3.8, 4) is 0 Å². The van der Waals surface area contributed by atoms with Gasteiger partial charge in [0.15, 0.2) is 0 Å². The summed E-state index contributed by atoms with van der Waals surface area (Å²) < 4.78 is 39.1. The van der Waals surface area contributed by atoms with E-state index in [0.29, 0.717) is 6.54 Å². The molecule has 0 aliphatic rings. The van der Waals surface area contributed by atoms with Crippen molar-refractivity contribution in [1.29, 1.82) is 0 Å². The maximum absolute atomic E-state index is 13.0. The Morgan fingerprint density at radius 1 is 0.905 bits per heavy atom. The van der Waals surface area contributed by atoms with Gasteiger partial charge in [-0.3, -0.25) is 0 Å². The average Bonchev–Trinajstić information content (AvgIpc) is 2.40. The number of rotatable bonds is 4. The summed E-state index contributed by atoms with van der Waals surface area (Å²) in [7, 11) is 3.87. The van der Waals surface area contributed by atoms with Gasteiger partial charge in [0.25, 0.3) is 0 Å². The number of hydrogen-bond acceptors (Lipinski definition) is 2. The Kier molecular flexibility index (Phi) is 4.96. The molecule has 0 N–H and O–H groups in total. The quantitative estimate of drug-likeness (QED) is 0.788. The number of alkyl halides is 3. The van der Waals surface area contributed by atoms with Crippen LogP contribution in [0.25, 0.3) is 0 Å². The molecule has 0 aromatic heterocycles. The van der Waals surface area contributed by atoms with Crippen LogP contribution in [0.5, 0.6) is 0 Å². The van der Waals surface area contributed by atoms with Crippen LogP contribution in [0.1, 0.15) is 11.1 Å². The van der Waals surface area contributed by atoms with Crippen LogP contribution in [-0.2, 0) is 12.7 Å². The van der Waals surface area contributed by atoms with Crippen LogP contribution in [0.4, 0.5) is 13.2 Å². The summed E-state index contributed by atoms with van der Waals surface area (Å²) in [5.41, 5.74) is 0.430. The van der Waals surface area contributed by atoms with Gasteiger partial charge in [-0.2, -0.15) is 13.2 Å². The summed E-state index contributed by atoms with van der Waals surface area (Å²) in [5.74, 6) is 0. The van der Waals surface area contributed by atoms with Crippen molar-refractivity contribution in [3.63, 3.8) is 0 Å². The molecule has 0 saturated carbocycles. The average molecular weight is 311 g/mol. The van der Waals surface area contributed by atoms with Gasteiger partial charge < -0.3 is 4.90 Å². The van der Waals surface area contributed by atoms with Crippen LogP contribution in [0.15, 0.2) is 58.3 Å². The molecule has 0 saturated heterocycles. The normalized spacial score (nSPS) is 11.9. The van der Waals surface area contributed by atoms with Gasteiger partial charge in [0.1, 0.15) is 0 Å². The van der Waals surface area contributed by atoms with E-state index >= 15 is 0 Å². The molecule has 2 aromatic rings. The Morgan fingerprint density at radius 2 is 1.48 bits per heavy atom. The van der Waals surface area contributed by atoms with Gasteiger partial charge in [-0.05, 0) is 37.9 Å². The molecule has 112 valence electrons. The highest BCUT2D eigenvalue weighted by molar-refractivity contribution is 7.99. The van der Waals surface area contributed by atoms with Crippen molar-refractivity contribution in [2.75, 3.05) is 14.1 Å². The third kappa shape index (κ3) is 4.25. The topological polar surface area (TPSA) is 3.24 Å². The molecule has 0 fully saturated rings. The highest BCUT2D eigenvalue weighted by atomic mass is 32.2. The Balaban J connectivity index is 2.35. The van der Waals surface area contributed by atoms with E-state index in [0.717, 1.165) is 28.3 Å². The zero-order valence-electron chi connectivity index (χ0n) is 11.8. The molecule has 0 spiro atoms. The van der Waals surface area contributed by atoms with Crippen molar-refractivity contribution < 1.29 is 13.2 Å². The molecular formula is C16H16F3NS. The van der Waals surface area contributed by atoms with Crippen molar-refractivity contribution in [2.45, 2.75) is 22.5 Å². The molecule has 2 aromatic carbocycles. The number of nitrogens with zero attached hydrogens (tertiary/aromatic N) is 1. The zero-order valence-corrected chi connectivity index (χ0v) is 12.6. The molecule has 0 unspecified atom stereocenters. The van der Waals surface area contributed by atoms with E-state index in [2.05, 4.69) is 0 Å². The molecule has 1 nitrogen and oxygen atoms in total. The van der Waals surface area contributed by atoms with E-state index in [4.69, 9.17) is 0 Å². The minimum absolute atomic E-state index is 0.233. The van der Waals surface area contributed by atoms with Crippen molar-refractivity contribution in [3.05, 3.63) is 59.7 Å². The van der Waals surface area contributed by atoms with Gasteiger partial charge in [-0.25, -0.2) is 0 Å². The van der Waals surface area contributed by atoms with Gasteiger partial charge in [0.2, 0.25) is 0 Å². The summed E-state index contributed by atoms with van der Waals surface area (Å²) in [6.45, 7) is 0.692. The smallest absolute Gasteiger partial charge is 0.305 e. The SMILES string of the molecule is CN(C)Cc1ccccc1Sc1ccccc1C(F)(F)F. The molecule has 0 radical (unpaired) electrons. The van der Waals surface area contributed by atoms with E-state index in [1.807, 2.05) is 43.3 Å². The lowest BCUT2D eigenvalue weighted by Gasteiger charge is -2.16. The molecule has 0 heterocycles. The van der Waals surface area contributed by atoms with Crippen LogP contribution in [-0.4, -0.2) is 19.0 Å². The van der Waals surface area contributed by atoms with Gasteiger partial charge in [-0.1, -0.05) is 42.1 Å². The second kappa shape index (κ2) is 6.54. The lowest BCUT2D eigenvalue weighted by atomic mass is 10.2. The summed E-state index contributed by atoms with van der Waals surface area (Å²) in [5, 5.41) is 0. The van der Waals surface area contributed by atoms with Crippen molar-refractivity contribution in [2.24, 2.45) is 0 Å². The third-order valence-corrected chi connectivity index (χ3v) is 4.07. The fourth-order valence-corrected chi connectivity index (χ4v) is 3.07. The van der Waals surface area contributed by atoms with E-state index in [9.17, 15) is 13.2 Å². The summed E-state index contributed by atoms with van der Waals surface area (Å²) in [6.07, 6.45) is -4.33. The first-order chi connectivity index (χ1) is 9.88. The maximum Gasteiger partial charge on any atom is 0.417 e. The minimum atomic E-state index is -4.33. The second-order valence-electron chi connectivity index (χ2n) is 4.94. The minimum Gasteiger partial charge on any atom is -0.305 e. The van der Waals surface area contributed by atoms with Crippen LogP contribution in [0.2, 0.25) is 0 Å². The monoisotopic (exact) mass is 311 g/mol. The van der Waals surface area contributed by atoms with E-state index in [1.165, 1.54) is 12.1 Å². The lowest BCUT2D eigenvalue weighted by molar-refractivity contribution is -0.139. The standard InChI is InChI=1S/C16H16F3NS/c1-20(2)11-12-7-3-5-9-14(12)21-15-10-6-4-8-13(15)16(17,18)19/h3-10H,11H2,1-2H3. The predicted molar refractivity (Wildman–Crippen MR) is 79.4 cm³/mol. The number of benzene rings is 2. The number of halogens is 3. The molecule has 2 rings (SSSR count). The lowest BCUT2D eigenvalue weighted by Crippen LogP contribution is -2.11. The Morgan fingerprint density at radius 3 is 2.10 bits per heavy atom. The molecule has 0 atom stereocenters.